The lowest BCUT2D eigenvalue weighted by molar-refractivity contribution is -0.136. The molecule has 2 bridgehead atoms. The van der Waals surface area contributed by atoms with Gasteiger partial charge in [-0.1, -0.05) is 56.3 Å². The van der Waals surface area contributed by atoms with Crippen LogP contribution >= 0.6 is 0 Å². The molecule has 158 valence electrons. The molecular formula is C26H31NO3. The van der Waals surface area contributed by atoms with E-state index in [2.05, 4.69) is 25.2 Å². The van der Waals surface area contributed by atoms with Crippen molar-refractivity contribution in [2.45, 2.75) is 51.7 Å². The second kappa shape index (κ2) is 7.12. The Morgan fingerprint density at radius 3 is 2.73 bits per heavy atom. The highest BCUT2D eigenvalue weighted by atomic mass is 16.5. The number of benzene rings is 2. The zero-order chi connectivity index (χ0) is 20.9. The van der Waals surface area contributed by atoms with Crippen LogP contribution in [0.3, 0.4) is 0 Å². The molecule has 3 aliphatic rings. The monoisotopic (exact) mass is 405 g/mol. The Morgan fingerprint density at radius 2 is 1.97 bits per heavy atom. The number of fused-ring (bicyclic) bond motifs is 1. The Hall–Kier alpha value is -2.33. The summed E-state index contributed by atoms with van der Waals surface area (Å²) in [4.78, 5) is 13.0. The van der Waals surface area contributed by atoms with Gasteiger partial charge < -0.3 is 15.2 Å². The number of carbonyl (C=O) groups excluding carboxylic acids is 1. The number of hydrogen-bond acceptors (Lipinski definition) is 3. The Kier molecular flexibility index (Phi) is 4.66. The van der Waals surface area contributed by atoms with Gasteiger partial charge in [-0.2, -0.15) is 0 Å². The van der Waals surface area contributed by atoms with Crippen LogP contribution in [0.5, 0.6) is 5.75 Å². The second-order valence-corrected chi connectivity index (χ2v) is 10.1. The Labute approximate surface area is 178 Å². The van der Waals surface area contributed by atoms with Crippen molar-refractivity contribution in [2.75, 3.05) is 6.61 Å². The van der Waals surface area contributed by atoms with Crippen LogP contribution in [-0.4, -0.2) is 23.7 Å². The number of amides is 1. The van der Waals surface area contributed by atoms with Crippen LogP contribution in [0, 0.1) is 22.7 Å². The Morgan fingerprint density at radius 1 is 1.17 bits per heavy atom. The molecule has 2 saturated carbocycles. The summed E-state index contributed by atoms with van der Waals surface area (Å²) in [5.74, 6) is 1.34. The van der Waals surface area contributed by atoms with Gasteiger partial charge in [0.15, 0.2) is 0 Å². The van der Waals surface area contributed by atoms with E-state index in [4.69, 9.17) is 4.74 Å². The summed E-state index contributed by atoms with van der Waals surface area (Å²) < 4.78 is 6.27. The minimum atomic E-state index is -0.0134. The molecule has 1 saturated heterocycles. The van der Waals surface area contributed by atoms with Gasteiger partial charge in [-0.15, -0.1) is 0 Å². The third-order valence-corrected chi connectivity index (χ3v) is 8.22. The summed E-state index contributed by atoms with van der Waals surface area (Å²) in [7, 11) is 0. The zero-order valence-electron chi connectivity index (χ0n) is 17.8. The lowest BCUT2D eigenvalue weighted by atomic mass is 9.59. The van der Waals surface area contributed by atoms with Crippen molar-refractivity contribution in [3.8, 4) is 5.75 Å². The van der Waals surface area contributed by atoms with Gasteiger partial charge >= 0.3 is 0 Å². The molecule has 2 aromatic carbocycles. The minimum absolute atomic E-state index is 0.0134. The first-order chi connectivity index (χ1) is 14.4. The molecule has 1 amide bonds. The summed E-state index contributed by atoms with van der Waals surface area (Å²) in [6.07, 6.45) is 3.67. The molecule has 0 radical (unpaired) electrons. The van der Waals surface area contributed by atoms with Gasteiger partial charge in [-0.3, -0.25) is 4.79 Å². The summed E-state index contributed by atoms with van der Waals surface area (Å²) >= 11 is 0. The van der Waals surface area contributed by atoms with Crippen molar-refractivity contribution in [1.82, 2.24) is 5.32 Å². The van der Waals surface area contributed by atoms with Gasteiger partial charge in [0.2, 0.25) is 5.91 Å². The van der Waals surface area contributed by atoms with Crippen LogP contribution in [0.25, 0.3) is 0 Å². The zero-order valence-corrected chi connectivity index (χ0v) is 17.8. The predicted octanol–water partition coefficient (Wildman–Crippen LogP) is 4.63. The van der Waals surface area contributed by atoms with Crippen LogP contribution in [0.2, 0.25) is 0 Å². The normalized spacial score (nSPS) is 33.8. The molecule has 1 spiro atoms. The van der Waals surface area contributed by atoms with Crippen molar-refractivity contribution >= 4 is 5.91 Å². The van der Waals surface area contributed by atoms with Crippen LogP contribution < -0.4 is 5.32 Å². The number of nitrogens with one attached hydrogen (secondary N) is 1. The lowest BCUT2D eigenvalue weighted by Crippen LogP contribution is -2.59. The SMILES string of the molecule is CC1(C)[C@@H]2C[C@@H]3[C@@H](c4cccc(O)c4)OCCC3(C2)[C@H]1NC(=O)Cc1ccccc1. The van der Waals surface area contributed by atoms with Crippen molar-refractivity contribution in [3.63, 3.8) is 0 Å². The van der Waals surface area contributed by atoms with Gasteiger partial charge in [0, 0.05) is 12.6 Å². The number of hydrogen-bond donors (Lipinski definition) is 2. The minimum Gasteiger partial charge on any atom is -0.508 e. The van der Waals surface area contributed by atoms with Crippen molar-refractivity contribution < 1.29 is 14.6 Å². The van der Waals surface area contributed by atoms with Crippen LogP contribution in [0.1, 0.15) is 50.3 Å². The molecule has 5 atom stereocenters. The van der Waals surface area contributed by atoms with Gasteiger partial charge in [0.05, 0.1) is 12.5 Å². The maximum absolute atomic E-state index is 13.0. The van der Waals surface area contributed by atoms with Gasteiger partial charge in [-0.05, 0) is 65.2 Å². The van der Waals surface area contributed by atoms with E-state index in [1.54, 1.807) is 6.07 Å². The highest BCUT2D eigenvalue weighted by Gasteiger charge is 2.68. The summed E-state index contributed by atoms with van der Waals surface area (Å²) in [6.45, 7) is 5.36. The largest absolute Gasteiger partial charge is 0.508 e. The molecule has 1 heterocycles. The number of rotatable bonds is 4. The predicted molar refractivity (Wildman–Crippen MR) is 116 cm³/mol. The average Bonchev–Trinajstić information content (AvgIpc) is 3.21. The van der Waals surface area contributed by atoms with Gasteiger partial charge in [-0.25, -0.2) is 0 Å². The first-order valence-corrected chi connectivity index (χ1v) is 11.1. The van der Waals surface area contributed by atoms with Crippen molar-refractivity contribution in [1.29, 1.82) is 0 Å². The van der Waals surface area contributed by atoms with Crippen LogP contribution in [-0.2, 0) is 16.0 Å². The first-order valence-electron chi connectivity index (χ1n) is 11.1. The molecule has 5 rings (SSSR count). The number of ether oxygens (including phenoxy) is 1. The molecule has 4 heteroatoms. The maximum atomic E-state index is 13.0. The van der Waals surface area contributed by atoms with E-state index in [0.29, 0.717) is 24.9 Å². The topological polar surface area (TPSA) is 58.6 Å². The molecule has 2 N–H and O–H groups in total. The molecule has 2 aliphatic carbocycles. The van der Waals surface area contributed by atoms with Crippen molar-refractivity contribution in [2.24, 2.45) is 22.7 Å². The number of phenolic OH excluding ortho intramolecular Hbond substituents is 1. The van der Waals surface area contributed by atoms with E-state index in [1.165, 1.54) is 0 Å². The number of phenols is 1. The first kappa shape index (κ1) is 19.6. The second-order valence-electron chi connectivity index (χ2n) is 10.1. The van der Waals surface area contributed by atoms with Gasteiger partial charge in [0.1, 0.15) is 5.75 Å². The quantitative estimate of drug-likeness (QED) is 0.779. The fourth-order valence-electron chi connectivity index (χ4n) is 6.81. The van der Waals surface area contributed by atoms with E-state index in [0.717, 1.165) is 30.4 Å². The Balaban J connectivity index is 1.42. The molecular weight excluding hydrogens is 374 g/mol. The third-order valence-electron chi connectivity index (χ3n) is 8.22. The van der Waals surface area contributed by atoms with Crippen molar-refractivity contribution in [3.05, 3.63) is 65.7 Å². The summed E-state index contributed by atoms with van der Waals surface area (Å²) in [6, 6.07) is 17.6. The van der Waals surface area contributed by atoms with E-state index in [1.807, 2.05) is 42.5 Å². The van der Waals surface area contributed by atoms with E-state index in [-0.39, 0.29) is 34.6 Å². The maximum Gasteiger partial charge on any atom is 0.224 e. The third kappa shape index (κ3) is 3.04. The highest BCUT2D eigenvalue weighted by molar-refractivity contribution is 5.79. The summed E-state index contributed by atoms with van der Waals surface area (Å²) in [5, 5.41) is 13.5. The molecule has 2 aromatic rings. The molecule has 3 fully saturated rings. The van der Waals surface area contributed by atoms with E-state index >= 15 is 0 Å². The molecule has 0 aromatic heterocycles. The average molecular weight is 406 g/mol. The standard InChI is InChI=1S/C26H31NO3/c1-25(2)19-15-21-23(18-9-6-10-20(28)14-18)30-12-11-26(21,16-19)24(25)27-22(29)13-17-7-4-3-5-8-17/h3-10,14,19,21,23-24,28H,11-13,15-16H2,1-2H3,(H,27,29)/t19-,21-,23-,24+,26?/m1/s1. The fourth-order valence-corrected chi connectivity index (χ4v) is 6.81. The molecule has 30 heavy (non-hydrogen) atoms. The van der Waals surface area contributed by atoms with Crippen LogP contribution in [0.4, 0.5) is 0 Å². The molecule has 1 unspecified atom stereocenters. The Bertz CT molecular complexity index is 940. The summed E-state index contributed by atoms with van der Waals surface area (Å²) in [5.41, 5.74) is 2.24. The molecule has 1 aliphatic heterocycles. The highest BCUT2D eigenvalue weighted by Crippen LogP contribution is 2.70. The smallest absolute Gasteiger partial charge is 0.224 e. The van der Waals surface area contributed by atoms with E-state index in [9.17, 15) is 9.90 Å². The fraction of sp³-hybridized carbons (Fsp3) is 0.500. The van der Waals surface area contributed by atoms with E-state index < -0.39 is 0 Å². The molecule has 4 nitrogen and oxygen atoms in total. The lowest BCUT2D eigenvalue weighted by Gasteiger charge is -2.53. The van der Waals surface area contributed by atoms with Gasteiger partial charge in [0.25, 0.3) is 0 Å². The van der Waals surface area contributed by atoms with Crippen LogP contribution in [0.15, 0.2) is 54.6 Å². The number of carbonyl (C=O) groups is 1. The number of aromatic hydroxyl groups is 1.